The van der Waals surface area contributed by atoms with Crippen LogP contribution in [-0.4, -0.2) is 41.7 Å². The fourth-order valence-electron chi connectivity index (χ4n) is 3.36. The van der Waals surface area contributed by atoms with E-state index in [-0.39, 0.29) is 35.3 Å². The number of esters is 2. The number of cyclic esters (lactones) is 1. The number of hydrogen-bond acceptors (Lipinski definition) is 6. The minimum atomic E-state index is -0.985. The number of carbonyl (C=O) groups is 3. The first-order valence-electron chi connectivity index (χ1n) is 9.58. The molecular weight excluding hydrogens is 410 g/mol. The average Bonchev–Trinajstić information content (AvgIpc) is 2.70. The van der Waals surface area contributed by atoms with Crippen molar-refractivity contribution in [1.82, 2.24) is 5.32 Å². The van der Waals surface area contributed by atoms with E-state index in [0.717, 1.165) is 5.56 Å². The van der Waals surface area contributed by atoms with Gasteiger partial charge in [-0.1, -0.05) is 41.9 Å². The smallest absolute Gasteiger partial charge is 0.342 e. The van der Waals surface area contributed by atoms with Crippen molar-refractivity contribution in [2.45, 2.75) is 38.8 Å². The van der Waals surface area contributed by atoms with E-state index >= 15 is 0 Å². The summed E-state index contributed by atoms with van der Waals surface area (Å²) in [7, 11) is 0. The molecule has 0 saturated heterocycles. The Morgan fingerprint density at radius 1 is 1.33 bits per heavy atom. The monoisotopic (exact) mass is 431 g/mol. The highest BCUT2D eigenvalue weighted by Crippen LogP contribution is 2.36. The zero-order valence-electron chi connectivity index (χ0n) is 16.6. The van der Waals surface area contributed by atoms with E-state index < -0.39 is 29.6 Å². The Bertz CT molecular complexity index is 975. The summed E-state index contributed by atoms with van der Waals surface area (Å²) in [6, 6.07) is 9.43. The third-order valence-electron chi connectivity index (χ3n) is 4.76. The van der Waals surface area contributed by atoms with E-state index in [9.17, 15) is 19.5 Å². The molecule has 2 N–H and O–H groups in total. The van der Waals surface area contributed by atoms with Gasteiger partial charge in [-0.3, -0.25) is 4.79 Å². The van der Waals surface area contributed by atoms with Crippen LogP contribution in [0.1, 0.15) is 45.7 Å². The van der Waals surface area contributed by atoms with Crippen LogP contribution in [0.5, 0.6) is 5.75 Å². The fraction of sp³-hybridized carbons (Fsp3) is 0.318. The maximum atomic E-state index is 12.9. The summed E-state index contributed by atoms with van der Waals surface area (Å²) in [4.78, 5) is 37.5. The number of nitrogens with one attached hydrogen (secondary N) is 1. The van der Waals surface area contributed by atoms with Crippen LogP contribution in [0.15, 0.2) is 36.4 Å². The molecule has 30 heavy (non-hydrogen) atoms. The zero-order chi connectivity index (χ0) is 21.8. The van der Waals surface area contributed by atoms with Crippen LogP contribution in [0.4, 0.5) is 0 Å². The molecule has 2 aromatic rings. The predicted molar refractivity (Wildman–Crippen MR) is 110 cm³/mol. The first kappa shape index (κ1) is 21.6. The van der Waals surface area contributed by atoms with Crippen LogP contribution in [0.3, 0.4) is 0 Å². The molecule has 0 bridgehead atoms. The molecule has 7 nitrogen and oxygen atoms in total. The second-order valence-corrected chi connectivity index (χ2v) is 7.40. The highest BCUT2D eigenvalue weighted by Gasteiger charge is 2.33. The topological polar surface area (TPSA) is 102 Å². The minimum absolute atomic E-state index is 0.124. The van der Waals surface area contributed by atoms with Crippen LogP contribution >= 0.6 is 11.6 Å². The van der Waals surface area contributed by atoms with Crippen molar-refractivity contribution in [1.29, 1.82) is 0 Å². The lowest BCUT2D eigenvalue weighted by Gasteiger charge is -2.24. The van der Waals surface area contributed by atoms with E-state index in [1.54, 1.807) is 13.8 Å². The fourth-order valence-corrected chi connectivity index (χ4v) is 3.65. The van der Waals surface area contributed by atoms with Crippen molar-refractivity contribution in [3.8, 4) is 5.75 Å². The third kappa shape index (κ3) is 4.57. The molecule has 158 valence electrons. The Balaban J connectivity index is 1.90. The quantitative estimate of drug-likeness (QED) is 0.681. The van der Waals surface area contributed by atoms with Crippen LogP contribution in [-0.2, 0) is 27.1 Å². The van der Waals surface area contributed by atoms with Gasteiger partial charge in [-0.05, 0) is 31.0 Å². The van der Waals surface area contributed by atoms with E-state index in [4.69, 9.17) is 21.1 Å². The second kappa shape index (κ2) is 9.17. The van der Waals surface area contributed by atoms with Crippen molar-refractivity contribution in [3.63, 3.8) is 0 Å². The van der Waals surface area contributed by atoms with Gasteiger partial charge in [0.1, 0.15) is 23.5 Å². The van der Waals surface area contributed by atoms with E-state index in [0.29, 0.717) is 12.0 Å². The van der Waals surface area contributed by atoms with Crippen LogP contribution < -0.4 is 5.32 Å². The van der Waals surface area contributed by atoms with Crippen molar-refractivity contribution in [3.05, 3.63) is 63.7 Å². The van der Waals surface area contributed by atoms with Gasteiger partial charge < -0.3 is 19.9 Å². The van der Waals surface area contributed by atoms with Gasteiger partial charge in [0.2, 0.25) is 0 Å². The van der Waals surface area contributed by atoms with Gasteiger partial charge in [0.05, 0.1) is 12.2 Å². The molecule has 1 heterocycles. The largest absolute Gasteiger partial charge is 0.506 e. The molecule has 1 unspecified atom stereocenters. The molecule has 0 fully saturated rings. The Morgan fingerprint density at radius 2 is 2.03 bits per heavy atom. The molecule has 0 spiro atoms. The van der Waals surface area contributed by atoms with Gasteiger partial charge in [-0.2, -0.15) is 0 Å². The van der Waals surface area contributed by atoms with Gasteiger partial charge in [0.25, 0.3) is 5.91 Å². The molecule has 8 heteroatoms. The van der Waals surface area contributed by atoms with Gasteiger partial charge >= 0.3 is 11.9 Å². The molecule has 1 aliphatic heterocycles. The van der Waals surface area contributed by atoms with Gasteiger partial charge in [0, 0.05) is 17.9 Å². The summed E-state index contributed by atoms with van der Waals surface area (Å²) in [5.74, 6) is -2.63. The van der Waals surface area contributed by atoms with Crippen molar-refractivity contribution >= 4 is 29.4 Å². The van der Waals surface area contributed by atoms with Crippen molar-refractivity contribution in [2.24, 2.45) is 0 Å². The van der Waals surface area contributed by atoms with Gasteiger partial charge in [-0.15, -0.1) is 0 Å². The van der Waals surface area contributed by atoms with Crippen LogP contribution in [0.2, 0.25) is 5.02 Å². The summed E-state index contributed by atoms with van der Waals surface area (Å²) in [5, 5.41) is 13.3. The summed E-state index contributed by atoms with van der Waals surface area (Å²) in [5.41, 5.74) is 0.913. The maximum Gasteiger partial charge on any atom is 0.342 e. The highest BCUT2D eigenvalue weighted by atomic mass is 35.5. The van der Waals surface area contributed by atoms with Gasteiger partial charge in [0.15, 0.2) is 0 Å². The SMILES string of the molecule is CCOC(=O)C(Cc1ccccc1)NC(=O)c1cc(Cl)c2c(c1O)C(=O)O[C@H](C)C2. The number of hydrogen-bond donors (Lipinski definition) is 2. The first-order chi connectivity index (χ1) is 14.3. The van der Waals surface area contributed by atoms with Crippen molar-refractivity contribution < 1.29 is 29.0 Å². The number of rotatable bonds is 6. The molecular formula is C22H22ClNO6. The maximum absolute atomic E-state index is 12.9. The molecule has 0 aliphatic carbocycles. The number of amides is 1. The molecule has 0 saturated carbocycles. The number of fused-ring (bicyclic) bond motifs is 1. The molecule has 0 radical (unpaired) electrons. The normalized spacial score (nSPS) is 16.2. The summed E-state index contributed by atoms with van der Waals surface area (Å²) in [6.07, 6.45) is 0.139. The number of aromatic hydroxyl groups is 1. The number of carbonyl (C=O) groups excluding carboxylic acids is 3. The number of halogens is 1. The standard InChI is InChI=1S/C22H22ClNO6/c1-3-29-21(27)17(10-13-7-5-4-6-8-13)24-20(26)15-11-16(23)14-9-12(2)30-22(28)18(14)19(15)25/h4-8,11-12,17,25H,3,9-10H2,1-2H3,(H,24,26)/t12-,17?/m1/s1. The van der Waals surface area contributed by atoms with Gasteiger partial charge in [-0.25, -0.2) is 9.59 Å². The molecule has 0 aromatic heterocycles. The van der Waals surface area contributed by atoms with E-state index in [1.807, 2.05) is 30.3 Å². The molecule has 2 atom stereocenters. The number of phenolic OH excluding ortho intramolecular Hbond substituents is 1. The Hall–Kier alpha value is -3.06. The second-order valence-electron chi connectivity index (χ2n) is 7.00. The minimum Gasteiger partial charge on any atom is -0.506 e. The summed E-state index contributed by atoms with van der Waals surface area (Å²) >= 11 is 6.28. The lowest BCUT2D eigenvalue weighted by molar-refractivity contribution is -0.145. The van der Waals surface area contributed by atoms with Crippen LogP contribution in [0.25, 0.3) is 0 Å². The highest BCUT2D eigenvalue weighted by molar-refractivity contribution is 6.32. The molecule has 2 aromatic carbocycles. The third-order valence-corrected chi connectivity index (χ3v) is 5.10. The molecule has 1 amide bonds. The van der Waals surface area contributed by atoms with Crippen molar-refractivity contribution in [2.75, 3.05) is 6.61 Å². The Morgan fingerprint density at radius 3 is 2.70 bits per heavy atom. The van der Waals surface area contributed by atoms with E-state index in [1.165, 1.54) is 6.07 Å². The molecule has 1 aliphatic rings. The first-order valence-corrected chi connectivity index (χ1v) is 9.96. The average molecular weight is 432 g/mol. The zero-order valence-corrected chi connectivity index (χ0v) is 17.4. The Labute approximate surface area is 178 Å². The molecule has 3 rings (SSSR count). The Kier molecular flexibility index (Phi) is 6.62. The predicted octanol–water partition coefficient (Wildman–Crippen LogP) is 3.05. The lowest BCUT2D eigenvalue weighted by atomic mass is 9.95. The number of benzene rings is 2. The number of phenols is 1. The number of ether oxygens (including phenoxy) is 2. The summed E-state index contributed by atoms with van der Waals surface area (Å²) < 4.78 is 10.2. The summed E-state index contributed by atoms with van der Waals surface area (Å²) in [6.45, 7) is 3.53. The van der Waals surface area contributed by atoms with Crippen LogP contribution in [0, 0.1) is 0 Å². The lowest BCUT2D eigenvalue weighted by Crippen LogP contribution is -2.43. The van der Waals surface area contributed by atoms with E-state index in [2.05, 4.69) is 5.32 Å².